The summed E-state index contributed by atoms with van der Waals surface area (Å²) in [5.41, 5.74) is 0.759. The summed E-state index contributed by atoms with van der Waals surface area (Å²) in [6, 6.07) is 5.55. The summed E-state index contributed by atoms with van der Waals surface area (Å²) >= 11 is 0. The highest BCUT2D eigenvalue weighted by Gasteiger charge is 2.25. The number of carbonyl (C=O) groups is 1. The Morgan fingerprint density at radius 3 is 2.50 bits per heavy atom. The van der Waals surface area contributed by atoms with Crippen LogP contribution in [-0.2, 0) is 0 Å². The summed E-state index contributed by atoms with van der Waals surface area (Å²) in [4.78, 5) is 17.1. The van der Waals surface area contributed by atoms with Gasteiger partial charge in [0.1, 0.15) is 13.2 Å². The standard InChI is InChI=1S/C20H29N3O3/c24-20(21-17-4-5-18-19(14-17)26-13-12-25-18)23-10-6-16(7-11-23)15-22-8-2-1-3-9-22/h4-5,14,16H,1-3,6-13,15H2,(H,21,24). The molecule has 0 unspecified atom stereocenters. The van der Waals surface area contributed by atoms with Gasteiger partial charge in [0.15, 0.2) is 11.5 Å². The van der Waals surface area contributed by atoms with Crippen LogP contribution in [0.3, 0.4) is 0 Å². The van der Waals surface area contributed by atoms with E-state index in [4.69, 9.17) is 9.47 Å². The lowest BCUT2D eigenvalue weighted by Gasteiger charge is -2.36. The Bertz CT molecular complexity index is 623. The number of hydrogen-bond donors (Lipinski definition) is 1. The highest BCUT2D eigenvalue weighted by Crippen LogP contribution is 2.32. The summed E-state index contributed by atoms with van der Waals surface area (Å²) in [7, 11) is 0. The van der Waals surface area contributed by atoms with Gasteiger partial charge >= 0.3 is 6.03 Å². The van der Waals surface area contributed by atoms with Gasteiger partial charge in [-0.15, -0.1) is 0 Å². The average Bonchev–Trinajstić information content (AvgIpc) is 2.69. The van der Waals surface area contributed by atoms with Crippen molar-refractivity contribution in [2.45, 2.75) is 32.1 Å². The largest absolute Gasteiger partial charge is 0.486 e. The van der Waals surface area contributed by atoms with Gasteiger partial charge in [-0.1, -0.05) is 6.42 Å². The molecule has 0 bridgehead atoms. The van der Waals surface area contributed by atoms with Gasteiger partial charge < -0.3 is 24.6 Å². The fraction of sp³-hybridized carbons (Fsp3) is 0.650. The molecule has 3 heterocycles. The lowest BCUT2D eigenvalue weighted by Crippen LogP contribution is -2.44. The molecule has 2 fully saturated rings. The molecule has 2 saturated heterocycles. The maximum atomic E-state index is 12.6. The third kappa shape index (κ3) is 4.23. The number of fused-ring (bicyclic) bond motifs is 1. The molecule has 1 aromatic rings. The zero-order valence-corrected chi connectivity index (χ0v) is 15.4. The first-order valence-corrected chi connectivity index (χ1v) is 9.96. The third-order valence-electron chi connectivity index (χ3n) is 5.66. The predicted octanol–water partition coefficient (Wildman–Crippen LogP) is 3.19. The number of nitrogens with zero attached hydrogens (tertiary/aromatic N) is 2. The highest BCUT2D eigenvalue weighted by molar-refractivity contribution is 5.89. The van der Waals surface area contributed by atoms with Gasteiger partial charge in [0.05, 0.1) is 0 Å². The van der Waals surface area contributed by atoms with E-state index in [-0.39, 0.29) is 6.03 Å². The van der Waals surface area contributed by atoms with Crippen molar-refractivity contribution in [2.75, 3.05) is 51.3 Å². The first-order chi connectivity index (χ1) is 12.8. The van der Waals surface area contributed by atoms with Crippen LogP contribution in [0.1, 0.15) is 32.1 Å². The van der Waals surface area contributed by atoms with E-state index in [0.29, 0.717) is 19.0 Å². The van der Waals surface area contributed by atoms with E-state index < -0.39 is 0 Å². The first-order valence-electron chi connectivity index (χ1n) is 9.96. The maximum absolute atomic E-state index is 12.6. The highest BCUT2D eigenvalue weighted by atomic mass is 16.6. The van der Waals surface area contributed by atoms with E-state index >= 15 is 0 Å². The number of benzene rings is 1. The van der Waals surface area contributed by atoms with Crippen molar-refractivity contribution >= 4 is 11.7 Å². The fourth-order valence-electron chi connectivity index (χ4n) is 4.15. The lowest BCUT2D eigenvalue weighted by molar-refractivity contribution is 0.142. The number of urea groups is 1. The SMILES string of the molecule is O=C(Nc1ccc2c(c1)OCCO2)N1CCC(CN2CCCCC2)CC1. The molecule has 142 valence electrons. The molecule has 1 aromatic carbocycles. The van der Waals surface area contributed by atoms with E-state index in [1.807, 2.05) is 23.1 Å². The van der Waals surface area contributed by atoms with Crippen LogP contribution in [0.4, 0.5) is 10.5 Å². The van der Waals surface area contributed by atoms with Crippen LogP contribution < -0.4 is 14.8 Å². The monoisotopic (exact) mass is 359 g/mol. The molecule has 0 radical (unpaired) electrons. The minimum atomic E-state index is -0.0156. The number of ether oxygens (including phenoxy) is 2. The number of hydrogen-bond acceptors (Lipinski definition) is 4. The molecule has 1 N–H and O–H groups in total. The Labute approximate surface area is 155 Å². The summed E-state index contributed by atoms with van der Waals surface area (Å²) < 4.78 is 11.1. The number of anilines is 1. The van der Waals surface area contributed by atoms with Crippen molar-refractivity contribution in [3.05, 3.63) is 18.2 Å². The van der Waals surface area contributed by atoms with E-state index in [9.17, 15) is 4.79 Å². The summed E-state index contributed by atoms with van der Waals surface area (Å²) in [6.45, 7) is 6.52. The molecule has 26 heavy (non-hydrogen) atoms. The molecular weight excluding hydrogens is 330 g/mol. The van der Waals surface area contributed by atoms with E-state index in [1.54, 1.807) is 0 Å². The third-order valence-corrected chi connectivity index (χ3v) is 5.66. The van der Waals surface area contributed by atoms with E-state index in [0.717, 1.165) is 43.3 Å². The van der Waals surface area contributed by atoms with Crippen molar-refractivity contribution in [3.8, 4) is 11.5 Å². The molecule has 4 rings (SSSR count). The van der Waals surface area contributed by atoms with Crippen molar-refractivity contribution in [2.24, 2.45) is 5.92 Å². The van der Waals surface area contributed by atoms with Crippen LogP contribution >= 0.6 is 0 Å². The van der Waals surface area contributed by atoms with Crippen molar-refractivity contribution in [3.63, 3.8) is 0 Å². The van der Waals surface area contributed by atoms with Crippen LogP contribution in [0.2, 0.25) is 0 Å². The molecule has 0 spiro atoms. The Morgan fingerprint density at radius 1 is 1.00 bits per heavy atom. The van der Waals surface area contributed by atoms with Crippen LogP contribution in [0.25, 0.3) is 0 Å². The van der Waals surface area contributed by atoms with Gasteiger partial charge in [0.2, 0.25) is 0 Å². The van der Waals surface area contributed by atoms with E-state index in [2.05, 4.69) is 10.2 Å². The number of rotatable bonds is 3. The molecule has 3 aliphatic heterocycles. The number of piperidine rings is 2. The van der Waals surface area contributed by atoms with Gasteiger partial charge in [-0.25, -0.2) is 4.79 Å². The molecule has 6 heteroatoms. The molecule has 3 aliphatic rings. The quantitative estimate of drug-likeness (QED) is 0.901. The Balaban J connectivity index is 1.25. The number of nitrogens with one attached hydrogen (secondary N) is 1. The zero-order chi connectivity index (χ0) is 17.8. The van der Waals surface area contributed by atoms with Crippen LogP contribution in [0.5, 0.6) is 11.5 Å². The molecule has 0 saturated carbocycles. The van der Waals surface area contributed by atoms with Gasteiger partial charge in [0, 0.05) is 31.4 Å². The van der Waals surface area contributed by atoms with E-state index in [1.165, 1.54) is 38.9 Å². The molecule has 0 aromatic heterocycles. The van der Waals surface area contributed by atoms with Crippen molar-refractivity contribution in [1.29, 1.82) is 0 Å². The van der Waals surface area contributed by atoms with Crippen LogP contribution in [-0.4, -0.2) is 61.8 Å². The second-order valence-corrected chi connectivity index (χ2v) is 7.58. The minimum absolute atomic E-state index is 0.0156. The normalized spacial score (nSPS) is 21.5. The second kappa shape index (κ2) is 8.16. The predicted molar refractivity (Wildman–Crippen MR) is 101 cm³/mol. The van der Waals surface area contributed by atoms with Gasteiger partial charge in [-0.3, -0.25) is 0 Å². The summed E-state index contributed by atoms with van der Waals surface area (Å²) in [5, 5.41) is 3.00. The fourth-order valence-corrected chi connectivity index (χ4v) is 4.15. The maximum Gasteiger partial charge on any atom is 0.321 e. The molecule has 0 aliphatic carbocycles. The molecular formula is C20H29N3O3. The lowest BCUT2D eigenvalue weighted by atomic mass is 9.95. The minimum Gasteiger partial charge on any atom is -0.486 e. The molecule has 2 amide bonds. The number of amides is 2. The van der Waals surface area contributed by atoms with Crippen molar-refractivity contribution < 1.29 is 14.3 Å². The Kier molecular flexibility index (Phi) is 5.48. The molecule has 0 atom stereocenters. The summed E-state index contributed by atoms with van der Waals surface area (Å²) in [5.74, 6) is 2.17. The van der Waals surface area contributed by atoms with Gasteiger partial charge in [-0.05, 0) is 56.8 Å². The van der Waals surface area contributed by atoms with Crippen molar-refractivity contribution in [1.82, 2.24) is 9.80 Å². The van der Waals surface area contributed by atoms with Gasteiger partial charge in [-0.2, -0.15) is 0 Å². The second-order valence-electron chi connectivity index (χ2n) is 7.58. The number of likely N-dealkylation sites (tertiary alicyclic amines) is 2. The number of carbonyl (C=O) groups excluding carboxylic acids is 1. The Hall–Kier alpha value is -1.95. The Morgan fingerprint density at radius 2 is 1.73 bits per heavy atom. The van der Waals surface area contributed by atoms with Gasteiger partial charge in [0.25, 0.3) is 0 Å². The summed E-state index contributed by atoms with van der Waals surface area (Å²) in [6.07, 6.45) is 6.28. The average molecular weight is 359 g/mol. The first kappa shape index (κ1) is 17.5. The zero-order valence-electron chi connectivity index (χ0n) is 15.4. The smallest absolute Gasteiger partial charge is 0.321 e. The van der Waals surface area contributed by atoms with Crippen LogP contribution in [0.15, 0.2) is 18.2 Å². The topological polar surface area (TPSA) is 54.0 Å². The molecule has 6 nitrogen and oxygen atoms in total. The van der Waals surface area contributed by atoms with Crippen LogP contribution in [0, 0.1) is 5.92 Å².